The Hall–Kier alpha value is -3.08. The summed E-state index contributed by atoms with van der Waals surface area (Å²) in [6, 6.07) is 11.8. The lowest BCUT2D eigenvalue weighted by Gasteiger charge is -2.07. The maximum Gasteiger partial charge on any atom is 0.228 e. The number of nitrogens with zero attached hydrogens (tertiary/aromatic N) is 2. The first-order valence-corrected chi connectivity index (χ1v) is 7.92. The molecule has 3 heterocycles. The molecule has 0 saturated heterocycles. The molecule has 1 aromatic carbocycles. The first-order valence-electron chi connectivity index (χ1n) is 7.92. The molecule has 0 unspecified atom stereocenters. The SMILES string of the molecule is Cc1nc2c(NC(=O)Cc3c[nH]c4ccccc34)cccn2c1C. The minimum atomic E-state index is -0.0499. The average molecular weight is 318 g/mol. The quantitative estimate of drug-likeness (QED) is 0.606. The number of aryl methyl sites for hydroxylation is 2. The number of amides is 1. The second kappa shape index (κ2) is 5.53. The Labute approximate surface area is 139 Å². The third-order valence-corrected chi connectivity index (χ3v) is 4.43. The molecule has 0 radical (unpaired) electrons. The van der Waals surface area contributed by atoms with Crippen molar-refractivity contribution in [1.29, 1.82) is 0 Å². The van der Waals surface area contributed by atoms with Crippen molar-refractivity contribution >= 4 is 28.1 Å². The normalized spacial score (nSPS) is 11.2. The summed E-state index contributed by atoms with van der Waals surface area (Å²) < 4.78 is 2.00. The molecule has 4 aromatic rings. The molecule has 1 amide bonds. The molecular weight excluding hydrogens is 300 g/mol. The van der Waals surface area contributed by atoms with Crippen LogP contribution in [-0.2, 0) is 11.2 Å². The number of aromatic amines is 1. The van der Waals surface area contributed by atoms with Gasteiger partial charge < -0.3 is 14.7 Å². The number of nitrogens with one attached hydrogen (secondary N) is 2. The zero-order valence-corrected chi connectivity index (χ0v) is 13.6. The molecule has 5 nitrogen and oxygen atoms in total. The maximum absolute atomic E-state index is 12.5. The van der Waals surface area contributed by atoms with Crippen LogP contribution >= 0.6 is 0 Å². The second-order valence-corrected chi connectivity index (χ2v) is 5.98. The Morgan fingerprint density at radius 1 is 1.21 bits per heavy atom. The smallest absolute Gasteiger partial charge is 0.228 e. The van der Waals surface area contributed by atoms with Gasteiger partial charge in [-0.25, -0.2) is 4.98 Å². The van der Waals surface area contributed by atoms with Crippen molar-refractivity contribution < 1.29 is 4.79 Å². The van der Waals surface area contributed by atoms with Crippen LogP contribution in [0, 0.1) is 13.8 Å². The third kappa shape index (κ3) is 2.34. The van der Waals surface area contributed by atoms with Gasteiger partial charge in [0.2, 0.25) is 5.91 Å². The van der Waals surface area contributed by atoms with E-state index in [4.69, 9.17) is 0 Å². The van der Waals surface area contributed by atoms with E-state index >= 15 is 0 Å². The van der Waals surface area contributed by atoms with Crippen LogP contribution in [0.5, 0.6) is 0 Å². The molecule has 120 valence electrons. The lowest BCUT2D eigenvalue weighted by atomic mass is 10.1. The molecule has 0 fully saturated rings. The summed E-state index contributed by atoms with van der Waals surface area (Å²) in [5.74, 6) is -0.0499. The van der Waals surface area contributed by atoms with E-state index in [1.807, 2.05) is 67.0 Å². The predicted octanol–water partition coefficient (Wildman–Crippen LogP) is 3.61. The molecule has 0 aliphatic rings. The molecule has 5 heteroatoms. The third-order valence-electron chi connectivity index (χ3n) is 4.43. The Balaban J connectivity index is 1.62. The van der Waals surface area contributed by atoms with E-state index in [0.717, 1.165) is 39.2 Å². The van der Waals surface area contributed by atoms with Gasteiger partial charge in [-0.05, 0) is 37.6 Å². The maximum atomic E-state index is 12.5. The molecule has 0 saturated carbocycles. The summed E-state index contributed by atoms with van der Waals surface area (Å²) in [5, 5.41) is 4.07. The van der Waals surface area contributed by atoms with Gasteiger partial charge in [-0.2, -0.15) is 0 Å². The van der Waals surface area contributed by atoms with Gasteiger partial charge >= 0.3 is 0 Å². The van der Waals surface area contributed by atoms with Crippen LogP contribution in [0.2, 0.25) is 0 Å². The number of imidazole rings is 1. The van der Waals surface area contributed by atoms with Gasteiger partial charge in [0.1, 0.15) is 0 Å². The Bertz CT molecular complexity index is 1060. The fourth-order valence-corrected chi connectivity index (χ4v) is 3.04. The van der Waals surface area contributed by atoms with Crippen molar-refractivity contribution in [3.05, 3.63) is 65.7 Å². The van der Waals surface area contributed by atoms with Crippen LogP contribution in [0.4, 0.5) is 5.69 Å². The number of fused-ring (bicyclic) bond motifs is 2. The van der Waals surface area contributed by atoms with Gasteiger partial charge in [0.25, 0.3) is 0 Å². The molecule has 24 heavy (non-hydrogen) atoms. The lowest BCUT2D eigenvalue weighted by molar-refractivity contribution is -0.115. The molecule has 0 aliphatic heterocycles. The van der Waals surface area contributed by atoms with Crippen LogP contribution in [-0.4, -0.2) is 20.3 Å². The number of carbonyl (C=O) groups is 1. The zero-order chi connectivity index (χ0) is 16.7. The monoisotopic (exact) mass is 318 g/mol. The van der Waals surface area contributed by atoms with Gasteiger partial charge in [-0.15, -0.1) is 0 Å². The highest BCUT2D eigenvalue weighted by molar-refractivity contribution is 5.98. The van der Waals surface area contributed by atoms with E-state index in [1.165, 1.54) is 0 Å². The van der Waals surface area contributed by atoms with Gasteiger partial charge in [0, 0.05) is 29.0 Å². The lowest BCUT2D eigenvalue weighted by Crippen LogP contribution is -2.15. The number of pyridine rings is 1. The van der Waals surface area contributed by atoms with E-state index in [0.29, 0.717) is 6.42 Å². The molecular formula is C19H18N4O. The highest BCUT2D eigenvalue weighted by atomic mass is 16.1. The molecule has 2 N–H and O–H groups in total. The first kappa shape index (κ1) is 14.5. The number of H-pyrrole nitrogens is 1. The Morgan fingerprint density at radius 2 is 2.04 bits per heavy atom. The van der Waals surface area contributed by atoms with E-state index in [2.05, 4.69) is 15.3 Å². The summed E-state index contributed by atoms with van der Waals surface area (Å²) in [7, 11) is 0. The Kier molecular flexibility index (Phi) is 3.34. The highest BCUT2D eigenvalue weighted by Gasteiger charge is 2.12. The van der Waals surface area contributed by atoms with Crippen LogP contribution in [0.3, 0.4) is 0 Å². The summed E-state index contributed by atoms with van der Waals surface area (Å²) >= 11 is 0. The van der Waals surface area contributed by atoms with Gasteiger partial charge in [-0.3, -0.25) is 4.79 Å². The van der Waals surface area contributed by atoms with E-state index < -0.39 is 0 Å². The van der Waals surface area contributed by atoms with Crippen LogP contribution in [0.1, 0.15) is 17.0 Å². The molecule has 3 aromatic heterocycles. The molecule has 4 rings (SSSR count). The molecule has 0 spiro atoms. The average Bonchev–Trinajstić information content (AvgIpc) is 3.11. The topological polar surface area (TPSA) is 62.2 Å². The standard InChI is InChI=1S/C19H18N4O/c1-12-13(2)23-9-5-8-17(19(23)21-12)22-18(24)10-14-11-20-16-7-4-3-6-15(14)16/h3-9,11,20H,10H2,1-2H3,(H,22,24). The zero-order valence-electron chi connectivity index (χ0n) is 13.6. The van der Waals surface area contributed by atoms with Crippen molar-refractivity contribution in [1.82, 2.24) is 14.4 Å². The number of para-hydroxylation sites is 1. The number of hydrogen-bond acceptors (Lipinski definition) is 2. The fourth-order valence-electron chi connectivity index (χ4n) is 3.04. The second-order valence-electron chi connectivity index (χ2n) is 5.98. The predicted molar refractivity (Wildman–Crippen MR) is 95.3 cm³/mol. The number of aromatic nitrogens is 3. The van der Waals surface area contributed by atoms with Crippen molar-refractivity contribution in [2.24, 2.45) is 0 Å². The Morgan fingerprint density at radius 3 is 2.92 bits per heavy atom. The van der Waals surface area contributed by atoms with E-state index in [-0.39, 0.29) is 5.91 Å². The molecule has 0 aliphatic carbocycles. The summed E-state index contributed by atoms with van der Waals surface area (Å²) in [5.41, 5.74) is 5.59. The molecule has 0 bridgehead atoms. The van der Waals surface area contributed by atoms with Gasteiger partial charge in [0.15, 0.2) is 5.65 Å². The summed E-state index contributed by atoms with van der Waals surface area (Å²) in [6.07, 6.45) is 4.18. The van der Waals surface area contributed by atoms with Crippen LogP contribution in [0.25, 0.3) is 16.6 Å². The first-order chi connectivity index (χ1) is 11.6. The fraction of sp³-hybridized carbons (Fsp3) is 0.158. The minimum absolute atomic E-state index is 0.0499. The van der Waals surface area contributed by atoms with Crippen molar-refractivity contribution in [3.8, 4) is 0 Å². The number of anilines is 1. The van der Waals surface area contributed by atoms with Gasteiger partial charge in [-0.1, -0.05) is 18.2 Å². The minimum Gasteiger partial charge on any atom is -0.361 e. The van der Waals surface area contributed by atoms with Crippen molar-refractivity contribution in [2.75, 3.05) is 5.32 Å². The highest BCUT2D eigenvalue weighted by Crippen LogP contribution is 2.21. The number of benzene rings is 1. The largest absolute Gasteiger partial charge is 0.361 e. The summed E-state index contributed by atoms with van der Waals surface area (Å²) in [4.78, 5) is 20.3. The number of hydrogen-bond donors (Lipinski definition) is 2. The van der Waals surface area contributed by atoms with Crippen LogP contribution < -0.4 is 5.32 Å². The number of rotatable bonds is 3. The van der Waals surface area contributed by atoms with Gasteiger partial charge in [0.05, 0.1) is 17.8 Å². The van der Waals surface area contributed by atoms with E-state index in [1.54, 1.807) is 0 Å². The summed E-state index contributed by atoms with van der Waals surface area (Å²) in [6.45, 7) is 3.99. The van der Waals surface area contributed by atoms with E-state index in [9.17, 15) is 4.79 Å². The number of carbonyl (C=O) groups excluding carboxylic acids is 1. The van der Waals surface area contributed by atoms with Crippen LogP contribution in [0.15, 0.2) is 48.8 Å². The van der Waals surface area contributed by atoms with Crippen molar-refractivity contribution in [3.63, 3.8) is 0 Å². The van der Waals surface area contributed by atoms with Crippen molar-refractivity contribution in [2.45, 2.75) is 20.3 Å². The molecule has 0 atom stereocenters.